The molecule has 25 heavy (non-hydrogen) atoms. The molecule has 3 amide bonds. The van der Waals surface area contributed by atoms with Gasteiger partial charge in [0.1, 0.15) is 0 Å². The molecular formula is C20H33N3O2. The molecule has 0 aromatic heterocycles. The Labute approximate surface area is 151 Å². The van der Waals surface area contributed by atoms with Crippen molar-refractivity contribution >= 4 is 11.9 Å². The minimum absolute atomic E-state index is 0.0397. The Morgan fingerprint density at radius 1 is 1.08 bits per heavy atom. The van der Waals surface area contributed by atoms with E-state index < -0.39 is 0 Å². The van der Waals surface area contributed by atoms with Gasteiger partial charge < -0.3 is 5.32 Å². The van der Waals surface area contributed by atoms with E-state index in [2.05, 4.69) is 22.5 Å². The number of urea groups is 1. The first-order chi connectivity index (χ1) is 11.9. The van der Waals surface area contributed by atoms with E-state index in [9.17, 15) is 9.59 Å². The first-order valence-corrected chi connectivity index (χ1v) is 10.3. The fraction of sp³-hybridized carbons (Fsp3) is 0.900. The molecule has 2 unspecified atom stereocenters. The molecule has 1 heterocycles. The molecule has 1 aliphatic heterocycles. The molecular weight excluding hydrogens is 314 g/mol. The fourth-order valence-electron chi connectivity index (χ4n) is 6.50. The molecule has 5 aliphatic rings. The number of piperidine rings is 1. The van der Waals surface area contributed by atoms with E-state index in [1.807, 2.05) is 6.92 Å². The summed E-state index contributed by atoms with van der Waals surface area (Å²) >= 11 is 0. The molecule has 0 aromatic carbocycles. The van der Waals surface area contributed by atoms with Gasteiger partial charge in [-0.3, -0.25) is 15.0 Å². The number of hydrogen-bond donors (Lipinski definition) is 2. The van der Waals surface area contributed by atoms with Crippen LogP contribution < -0.4 is 10.6 Å². The zero-order valence-electron chi connectivity index (χ0n) is 15.7. The summed E-state index contributed by atoms with van der Waals surface area (Å²) in [7, 11) is 0. The molecule has 4 bridgehead atoms. The second-order valence-corrected chi connectivity index (χ2v) is 9.56. The third kappa shape index (κ3) is 3.57. The summed E-state index contributed by atoms with van der Waals surface area (Å²) in [5.41, 5.74) is -0.0397. The zero-order valence-corrected chi connectivity index (χ0v) is 15.7. The lowest BCUT2D eigenvalue weighted by molar-refractivity contribution is -0.125. The van der Waals surface area contributed by atoms with Crippen molar-refractivity contribution in [2.24, 2.45) is 23.7 Å². The third-order valence-electron chi connectivity index (χ3n) is 7.27. The first-order valence-electron chi connectivity index (χ1n) is 10.3. The zero-order chi connectivity index (χ0) is 17.6. The Bertz CT molecular complexity index is 512. The molecule has 1 saturated heterocycles. The quantitative estimate of drug-likeness (QED) is 0.825. The van der Waals surface area contributed by atoms with Gasteiger partial charge in [0, 0.05) is 12.1 Å². The number of nitrogens with one attached hydrogen (secondary N) is 2. The van der Waals surface area contributed by atoms with Crippen molar-refractivity contribution in [1.82, 2.24) is 15.5 Å². The summed E-state index contributed by atoms with van der Waals surface area (Å²) in [5, 5.41) is 5.87. The molecule has 0 aromatic rings. The molecule has 140 valence electrons. The Kier molecular flexibility index (Phi) is 4.55. The Morgan fingerprint density at radius 3 is 2.24 bits per heavy atom. The Balaban J connectivity index is 1.32. The van der Waals surface area contributed by atoms with E-state index in [-0.39, 0.29) is 23.5 Å². The number of nitrogens with zero attached hydrogens (tertiary/aromatic N) is 1. The molecule has 0 spiro atoms. The molecule has 0 radical (unpaired) electrons. The maximum atomic E-state index is 12.5. The van der Waals surface area contributed by atoms with Gasteiger partial charge in [-0.25, -0.2) is 4.79 Å². The average Bonchev–Trinajstić information content (AvgIpc) is 2.52. The van der Waals surface area contributed by atoms with E-state index in [0.29, 0.717) is 5.92 Å². The van der Waals surface area contributed by atoms with Crippen LogP contribution in [0.4, 0.5) is 4.79 Å². The van der Waals surface area contributed by atoms with E-state index in [0.717, 1.165) is 56.5 Å². The normalized spacial score (nSPS) is 41.4. The van der Waals surface area contributed by atoms with Crippen LogP contribution in [0.2, 0.25) is 0 Å². The summed E-state index contributed by atoms with van der Waals surface area (Å²) in [5.74, 6) is 2.84. The molecule has 5 heteroatoms. The highest BCUT2D eigenvalue weighted by atomic mass is 16.2. The average molecular weight is 348 g/mol. The number of carbonyl (C=O) groups excluding carboxylic acids is 2. The molecule has 4 saturated carbocycles. The van der Waals surface area contributed by atoms with Crippen LogP contribution in [0.5, 0.6) is 0 Å². The number of hydrogen-bond acceptors (Lipinski definition) is 3. The van der Waals surface area contributed by atoms with E-state index in [1.54, 1.807) is 0 Å². The van der Waals surface area contributed by atoms with Crippen molar-refractivity contribution in [3.63, 3.8) is 0 Å². The summed E-state index contributed by atoms with van der Waals surface area (Å²) in [6.45, 7) is 6.06. The second-order valence-electron chi connectivity index (χ2n) is 9.56. The molecule has 5 nitrogen and oxygen atoms in total. The molecule has 2 atom stereocenters. The largest absolute Gasteiger partial charge is 0.332 e. The predicted octanol–water partition coefficient (Wildman–Crippen LogP) is 2.90. The van der Waals surface area contributed by atoms with Crippen molar-refractivity contribution in [1.29, 1.82) is 0 Å². The smallest absolute Gasteiger partial charge is 0.321 e. The highest BCUT2D eigenvalue weighted by Gasteiger charge is 2.51. The second kappa shape index (κ2) is 6.57. The maximum Gasteiger partial charge on any atom is 0.321 e. The first kappa shape index (κ1) is 17.3. The predicted molar refractivity (Wildman–Crippen MR) is 97.0 cm³/mol. The van der Waals surface area contributed by atoms with E-state index >= 15 is 0 Å². The summed E-state index contributed by atoms with van der Waals surface area (Å²) in [6, 6.07) is -0.506. The van der Waals surface area contributed by atoms with Gasteiger partial charge in [0.2, 0.25) is 5.91 Å². The van der Waals surface area contributed by atoms with Crippen LogP contribution in [-0.2, 0) is 4.79 Å². The van der Waals surface area contributed by atoms with Gasteiger partial charge in [-0.2, -0.15) is 0 Å². The van der Waals surface area contributed by atoms with Gasteiger partial charge in [-0.05, 0) is 88.5 Å². The molecule has 5 rings (SSSR count). The number of amides is 3. The molecule has 4 aliphatic carbocycles. The van der Waals surface area contributed by atoms with Crippen molar-refractivity contribution in [2.75, 3.05) is 13.1 Å². The fourth-order valence-corrected chi connectivity index (χ4v) is 6.50. The minimum Gasteiger partial charge on any atom is -0.332 e. The number of rotatable bonds is 3. The van der Waals surface area contributed by atoms with Gasteiger partial charge in [0.15, 0.2) is 0 Å². The summed E-state index contributed by atoms with van der Waals surface area (Å²) < 4.78 is 0. The monoisotopic (exact) mass is 347 g/mol. The number of imide groups is 1. The lowest BCUT2D eigenvalue weighted by atomic mass is 9.53. The summed E-state index contributed by atoms with van der Waals surface area (Å²) in [4.78, 5) is 27.3. The lowest BCUT2D eigenvalue weighted by Crippen LogP contribution is -2.62. The van der Waals surface area contributed by atoms with Crippen LogP contribution >= 0.6 is 0 Å². The van der Waals surface area contributed by atoms with Gasteiger partial charge in [0.05, 0.1) is 6.04 Å². The van der Waals surface area contributed by atoms with Crippen LogP contribution in [0.3, 0.4) is 0 Å². The Hall–Kier alpha value is -1.10. The van der Waals surface area contributed by atoms with E-state index in [4.69, 9.17) is 0 Å². The van der Waals surface area contributed by atoms with Crippen LogP contribution in [-0.4, -0.2) is 41.5 Å². The highest BCUT2D eigenvalue weighted by Crippen LogP contribution is 2.55. The highest BCUT2D eigenvalue weighted by molar-refractivity contribution is 5.97. The van der Waals surface area contributed by atoms with Crippen LogP contribution in [0.1, 0.15) is 65.2 Å². The van der Waals surface area contributed by atoms with Gasteiger partial charge in [-0.15, -0.1) is 0 Å². The van der Waals surface area contributed by atoms with Crippen molar-refractivity contribution < 1.29 is 9.59 Å². The van der Waals surface area contributed by atoms with Crippen LogP contribution in [0.25, 0.3) is 0 Å². The van der Waals surface area contributed by atoms with Crippen molar-refractivity contribution in [3.8, 4) is 0 Å². The standard InChI is InChI=1S/C20H33N3O2/c1-13-4-3-5-23(12-13)14(2)18(24)21-19(25)22-20-9-15-6-16(10-20)8-17(7-15)11-20/h13-17H,3-12H2,1-2H3,(H2,21,22,24,25). The van der Waals surface area contributed by atoms with E-state index in [1.165, 1.54) is 25.7 Å². The van der Waals surface area contributed by atoms with Crippen molar-refractivity contribution in [2.45, 2.75) is 76.8 Å². The topological polar surface area (TPSA) is 61.4 Å². The van der Waals surface area contributed by atoms with Crippen LogP contribution in [0.15, 0.2) is 0 Å². The maximum absolute atomic E-state index is 12.5. The lowest BCUT2D eigenvalue weighted by Gasteiger charge is -2.56. The van der Waals surface area contributed by atoms with Gasteiger partial charge >= 0.3 is 6.03 Å². The SMILES string of the molecule is CC1CCCN(C(C)C(=O)NC(=O)NC23CC4CC(CC(C4)C2)C3)C1. The van der Waals surface area contributed by atoms with Gasteiger partial charge in [-0.1, -0.05) is 6.92 Å². The van der Waals surface area contributed by atoms with Crippen LogP contribution in [0, 0.1) is 23.7 Å². The number of carbonyl (C=O) groups is 2. The third-order valence-corrected chi connectivity index (χ3v) is 7.27. The summed E-state index contributed by atoms with van der Waals surface area (Å²) in [6.07, 6.45) is 9.76. The van der Waals surface area contributed by atoms with Crippen molar-refractivity contribution in [3.05, 3.63) is 0 Å². The number of likely N-dealkylation sites (tertiary alicyclic amines) is 1. The minimum atomic E-state index is -0.274. The van der Waals surface area contributed by atoms with Gasteiger partial charge in [0.25, 0.3) is 0 Å². The molecule has 2 N–H and O–H groups in total. The molecule has 5 fully saturated rings. The Morgan fingerprint density at radius 2 is 1.68 bits per heavy atom.